The van der Waals surface area contributed by atoms with E-state index in [0.717, 1.165) is 0 Å². The molecule has 0 aliphatic heterocycles. The lowest BCUT2D eigenvalue weighted by atomic mass is 10.1. The Labute approximate surface area is 115 Å². The molecule has 0 saturated heterocycles. The van der Waals surface area contributed by atoms with Gasteiger partial charge in [-0.1, -0.05) is 6.07 Å². The van der Waals surface area contributed by atoms with Gasteiger partial charge < -0.3 is 21.5 Å². The number of halogens is 1. The summed E-state index contributed by atoms with van der Waals surface area (Å²) in [6.07, 6.45) is 0. The van der Waals surface area contributed by atoms with Crippen LogP contribution in [0, 0.1) is 5.82 Å². The molecule has 0 unspecified atom stereocenters. The first kappa shape index (κ1) is 13.7. The van der Waals surface area contributed by atoms with Crippen molar-refractivity contribution in [2.45, 2.75) is 0 Å². The van der Waals surface area contributed by atoms with Gasteiger partial charge in [0.2, 0.25) is 0 Å². The van der Waals surface area contributed by atoms with Crippen LogP contribution in [0.4, 0.5) is 21.5 Å². The monoisotopic (exact) mass is 275 g/mol. The molecule has 0 aliphatic carbocycles. The Hall–Kier alpha value is -2.76. The summed E-state index contributed by atoms with van der Waals surface area (Å²) in [5, 5.41) is 2.82. The maximum Gasteiger partial charge on any atom is 0.250 e. The highest BCUT2D eigenvalue weighted by molar-refractivity contribution is 6.01. The molecular formula is C14H14FN3O2. The molecule has 2 rings (SSSR count). The topological polar surface area (TPSA) is 90.4 Å². The van der Waals surface area contributed by atoms with E-state index in [9.17, 15) is 9.18 Å². The van der Waals surface area contributed by atoms with Crippen molar-refractivity contribution in [3.05, 3.63) is 47.8 Å². The van der Waals surface area contributed by atoms with Crippen molar-refractivity contribution in [2.24, 2.45) is 5.73 Å². The number of para-hydroxylation sites is 1. The van der Waals surface area contributed by atoms with Crippen molar-refractivity contribution in [3.63, 3.8) is 0 Å². The average Bonchev–Trinajstić information content (AvgIpc) is 2.43. The minimum atomic E-state index is -0.641. The van der Waals surface area contributed by atoms with Crippen LogP contribution in [-0.4, -0.2) is 13.0 Å². The van der Waals surface area contributed by atoms with Crippen LogP contribution in [0.25, 0.3) is 0 Å². The third-order valence-corrected chi connectivity index (χ3v) is 2.81. The van der Waals surface area contributed by atoms with Crippen molar-refractivity contribution in [2.75, 3.05) is 18.2 Å². The average molecular weight is 275 g/mol. The fourth-order valence-electron chi connectivity index (χ4n) is 1.76. The van der Waals surface area contributed by atoms with Gasteiger partial charge in [-0.3, -0.25) is 4.79 Å². The summed E-state index contributed by atoms with van der Waals surface area (Å²) in [5.74, 6) is -0.606. The number of carbonyl (C=O) groups excluding carboxylic acids is 1. The lowest BCUT2D eigenvalue weighted by Crippen LogP contribution is -2.14. The molecule has 2 aromatic rings. The van der Waals surface area contributed by atoms with Gasteiger partial charge in [0.15, 0.2) is 0 Å². The number of methoxy groups -OCH3 is 1. The quantitative estimate of drug-likeness (QED) is 0.746. The summed E-state index contributed by atoms with van der Waals surface area (Å²) in [5.41, 5.74) is 12.0. The van der Waals surface area contributed by atoms with E-state index in [2.05, 4.69) is 5.32 Å². The maximum atomic E-state index is 13.7. The van der Waals surface area contributed by atoms with E-state index in [1.54, 1.807) is 12.1 Å². The van der Waals surface area contributed by atoms with Gasteiger partial charge in [0, 0.05) is 6.07 Å². The van der Waals surface area contributed by atoms with Crippen molar-refractivity contribution in [3.8, 4) is 5.75 Å². The van der Waals surface area contributed by atoms with Gasteiger partial charge in [-0.25, -0.2) is 4.39 Å². The van der Waals surface area contributed by atoms with E-state index >= 15 is 0 Å². The summed E-state index contributed by atoms with van der Waals surface area (Å²) < 4.78 is 18.8. The van der Waals surface area contributed by atoms with Gasteiger partial charge in [0.1, 0.15) is 11.6 Å². The van der Waals surface area contributed by atoms with E-state index < -0.39 is 11.7 Å². The number of nitrogens with two attached hydrogens (primary N) is 2. The predicted molar refractivity (Wildman–Crippen MR) is 75.6 cm³/mol. The number of rotatable bonds is 4. The minimum Gasteiger partial charge on any atom is -0.497 e. The molecule has 104 valence electrons. The first-order valence-electron chi connectivity index (χ1n) is 5.81. The number of benzene rings is 2. The number of nitrogen functional groups attached to an aromatic ring is 1. The molecule has 20 heavy (non-hydrogen) atoms. The van der Waals surface area contributed by atoms with E-state index in [-0.39, 0.29) is 16.9 Å². The highest BCUT2D eigenvalue weighted by Gasteiger charge is 2.11. The molecule has 0 saturated carbocycles. The summed E-state index contributed by atoms with van der Waals surface area (Å²) in [4.78, 5) is 11.2. The lowest BCUT2D eigenvalue weighted by molar-refractivity contribution is 0.100. The SMILES string of the molecule is COc1ccc(F)c(Nc2cccc(C(N)=O)c2N)c1. The number of carbonyl (C=O) groups is 1. The van der Waals surface area contributed by atoms with Crippen LogP contribution < -0.4 is 21.5 Å². The van der Waals surface area contributed by atoms with E-state index in [4.69, 9.17) is 16.2 Å². The Morgan fingerprint density at radius 3 is 2.65 bits per heavy atom. The second-order valence-corrected chi connectivity index (χ2v) is 4.10. The van der Waals surface area contributed by atoms with Crippen LogP contribution in [0.5, 0.6) is 5.75 Å². The Bertz CT molecular complexity index is 659. The lowest BCUT2D eigenvalue weighted by Gasteiger charge is -2.13. The zero-order valence-electron chi connectivity index (χ0n) is 10.8. The fraction of sp³-hybridized carbons (Fsp3) is 0.0714. The van der Waals surface area contributed by atoms with Crippen molar-refractivity contribution in [1.29, 1.82) is 0 Å². The number of nitrogens with one attached hydrogen (secondary N) is 1. The fourth-order valence-corrected chi connectivity index (χ4v) is 1.76. The molecule has 1 amide bonds. The Morgan fingerprint density at radius 1 is 1.25 bits per heavy atom. The highest BCUT2D eigenvalue weighted by atomic mass is 19.1. The van der Waals surface area contributed by atoms with Crippen LogP contribution >= 0.6 is 0 Å². The highest BCUT2D eigenvalue weighted by Crippen LogP contribution is 2.29. The number of ether oxygens (including phenoxy) is 1. The van der Waals surface area contributed by atoms with E-state index in [1.165, 1.54) is 31.4 Å². The van der Waals surface area contributed by atoms with Crippen LogP contribution in [0.15, 0.2) is 36.4 Å². The van der Waals surface area contributed by atoms with Crippen molar-refractivity contribution in [1.82, 2.24) is 0 Å². The van der Waals surface area contributed by atoms with Crippen LogP contribution in [0.3, 0.4) is 0 Å². The number of primary amides is 1. The van der Waals surface area contributed by atoms with Gasteiger partial charge in [-0.05, 0) is 24.3 Å². The zero-order chi connectivity index (χ0) is 14.7. The summed E-state index contributed by atoms with van der Waals surface area (Å²) >= 11 is 0. The Kier molecular flexibility index (Phi) is 3.74. The second-order valence-electron chi connectivity index (χ2n) is 4.10. The molecule has 6 heteroatoms. The Balaban J connectivity index is 2.40. The largest absolute Gasteiger partial charge is 0.497 e. The molecule has 0 aromatic heterocycles. The third-order valence-electron chi connectivity index (χ3n) is 2.81. The van der Waals surface area contributed by atoms with Crippen molar-refractivity contribution >= 4 is 23.0 Å². The first-order chi connectivity index (χ1) is 9.52. The molecule has 0 atom stereocenters. The molecular weight excluding hydrogens is 261 g/mol. The van der Waals surface area contributed by atoms with Crippen molar-refractivity contribution < 1.29 is 13.9 Å². The zero-order valence-corrected chi connectivity index (χ0v) is 10.8. The molecule has 2 aromatic carbocycles. The summed E-state index contributed by atoms with van der Waals surface area (Å²) in [6.45, 7) is 0. The molecule has 0 radical (unpaired) electrons. The summed E-state index contributed by atoms with van der Waals surface area (Å²) in [7, 11) is 1.49. The van der Waals surface area contributed by atoms with Gasteiger partial charge in [0.05, 0.1) is 29.7 Å². The smallest absolute Gasteiger partial charge is 0.250 e. The van der Waals surface area contributed by atoms with E-state index in [1.807, 2.05) is 0 Å². The standard InChI is InChI=1S/C14H14FN3O2/c1-20-8-5-6-10(15)12(7-8)18-11-4-2-3-9(13(11)16)14(17)19/h2-7,18H,16H2,1H3,(H2,17,19). The summed E-state index contributed by atoms with van der Waals surface area (Å²) in [6, 6.07) is 9.01. The van der Waals surface area contributed by atoms with Crippen LogP contribution in [-0.2, 0) is 0 Å². The van der Waals surface area contributed by atoms with Gasteiger partial charge in [0.25, 0.3) is 5.91 Å². The predicted octanol–water partition coefficient (Wildman–Crippen LogP) is 2.26. The van der Waals surface area contributed by atoms with Gasteiger partial charge in [-0.2, -0.15) is 0 Å². The maximum absolute atomic E-state index is 13.7. The Morgan fingerprint density at radius 2 is 2.00 bits per heavy atom. The number of anilines is 3. The van der Waals surface area contributed by atoms with Gasteiger partial charge >= 0.3 is 0 Å². The number of amides is 1. The van der Waals surface area contributed by atoms with Gasteiger partial charge in [-0.15, -0.1) is 0 Å². The molecule has 0 aliphatic rings. The molecule has 0 bridgehead atoms. The molecule has 0 spiro atoms. The minimum absolute atomic E-state index is 0.169. The van der Waals surface area contributed by atoms with Crippen LogP contribution in [0.1, 0.15) is 10.4 Å². The van der Waals surface area contributed by atoms with Crippen LogP contribution in [0.2, 0.25) is 0 Å². The molecule has 5 N–H and O–H groups in total. The number of hydrogen-bond acceptors (Lipinski definition) is 4. The molecule has 0 heterocycles. The van der Waals surface area contributed by atoms with E-state index in [0.29, 0.717) is 11.4 Å². The normalized spacial score (nSPS) is 10.1. The molecule has 0 fully saturated rings. The number of hydrogen-bond donors (Lipinski definition) is 3. The first-order valence-corrected chi connectivity index (χ1v) is 5.81. The third kappa shape index (κ3) is 2.64. The molecule has 5 nitrogen and oxygen atoms in total. The second kappa shape index (κ2) is 5.48.